The predicted octanol–water partition coefficient (Wildman–Crippen LogP) is 11.9. The smallest absolute Gasteiger partial charge is 0.339 e. The van der Waals surface area contributed by atoms with Crippen LogP contribution in [0.1, 0.15) is 156 Å². The fourth-order valence-electron chi connectivity index (χ4n) is 16.5. The highest BCUT2D eigenvalue weighted by Crippen LogP contribution is 2.76. The lowest BCUT2D eigenvalue weighted by Crippen LogP contribution is -3.00. The highest BCUT2D eigenvalue weighted by molar-refractivity contribution is 6.08. The Morgan fingerprint density at radius 2 is 1.45 bits per heavy atom. The summed E-state index contributed by atoms with van der Waals surface area (Å²) in [6, 6.07) is 31.3. The van der Waals surface area contributed by atoms with Crippen LogP contribution in [0.5, 0.6) is 0 Å². The molecule has 6 aliphatic carbocycles. The summed E-state index contributed by atoms with van der Waals surface area (Å²) in [5.74, 6) is 1.63. The number of benzene rings is 4. The van der Waals surface area contributed by atoms with E-state index in [1.807, 2.05) is 36.4 Å². The number of carbonyl (C=O) groups is 2. The fraction of sp³-hybridized carbons (Fsp3) is 0.554. The van der Waals surface area contributed by atoms with Crippen LogP contribution in [-0.2, 0) is 20.9 Å². The molecular weight excluding hydrogens is 924 g/mol. The number of nitrogens with zero attached hydrogens (tertiary/aromatic N) is 2. The zero-order valence-corrected chi connectivity index (χ0v) is 46.7. The maximum atomic E-state index is 15.1. The molecule has 8 atom stereocenters. The molecule has 0 bridgehead atoms. The largest absolute Gasteiger partial charge is 1.00 e. The monoisotopic (exact) mass is 1010 g/mol. The Labute approximate surface area is 443 Å². The van der Waals surface area contributed by atoms with E-state index >= 15 is 4.79 Å². The molecule has 0 N–H and O–H groups in total. The molecule has 390 valence electrons. The van der Waals surface area contributed by atoms with Gasteiger partial charge >= 0.3 is 11.9 Å². The van der Waals surface area contributed by atoms with Crippen molar-refractivity contribution in [3.05, 3.63) is 119 Å². The molecule has 7 aliphatic rings. The van der Waals surface area contributed by atoms with Gasteiger partial charge < -0.3 is 31.2 Å². The van der Waals surface area contributed by atoms with Crippen molar-refractivity contribution in [2.75, 3.05) is 31.1 Å². The van der Waals surface area contributed by atoms with Crippen LogP contribution in [0.2, 0.25) is 0 Å². The molecule has 0 amide bonds. The van der Waals surface area contributed by atoms with Gasteiger partial charge in [-0.05, 0) is 167 Å². The summed E-state index contributed by atoms with van der Waals surface area (Å²) >= 11 is 0. The average molecular weight is 1010 g/mol. The number of ether oxygens (including phenoxy) is 2. The van der Waals surface area contributed by atoms with Gasteiger partial charge in [0.2, 0.25) is 5.36 Å². The van der Waals surface area contributed by atoms with Gasteiger partial charge in [-0.2, -0.15) is 0 Å². The zero-order valence-electron chi connectivity index (χ0n) is 46.0. The molecule has 3 aromatic carbocycles. The summed E-state index contributed by atoms with van der Waals surface area (Å²) in [5.41, 5.74) is 7.54. The molecule has 73 heavy (non-hydrogen) atoms. The van der Waals surface area contributed by atoms with Crippen LogP contribution >= 0.6 is 0 Å². The summed E-state index contributed by atoms with van der Waals surface area (Å²) in [6.07, 6.45) is 12.4. The van der Waals surface area contributed by atoms with Crippen molar-refractivity contribution >= 4 is 28.6 Å². The van der Waals surface area contributed by atoms with E-state index in [0.29, 0.717) is 24.0 Å². The molecule has 1 aliphatic heterocycles. The molecule has 0 radical (unpaired) electrons. The lowest BCUT2D eigenvalue weighted by Gasteiger charge is -2.71. The van der Waals surface area contributed by atoms with Crippen molar-refractivity contribution in [2.24, 2.45) is 50.2 Å². The second-order valence-corrected chi connectivity index (χ2v) is 24.9. The van der Waals surface area contributed by atoms with Crippen LogP contribution in [0.3, 0.4) is 0 Å². The van der Waals surface area contributed by atoms with Crippen molar-refractivity contribution in [2.45, 2.75) is 153 Å². The summed E-state index contributed by atoms with van der Waals surface area (Å²) in [5, 5.41) is 2.10. The topological polar surface area (TPSA) is 72.0 Å². The van der Waals surface area contributed by atoms with Crippen molar-refractivity contribution in [1.82, 2.24) is 4.58 Å². The highest BCUT2D eigenvalue weighted by atomic mass is 35.5. The van der Waals surface area contributed by atoms with Crippen LogP contribution < -0.4 is 27.2 Å². The SMILES string of the molecule is CCN(CC)c1ccc2c(-c3ccccc3C(=O)O[C@H]3CC[C@]4(C)[C@H]5CC=C6[C@@H]7CC(C)(C)CC[C@]7(C(=O)OCc7ccccc7)CC[C@@]6(C)[C@]5(C)CC[C@H]4C3(C)C)c3ccc(=[N+](CC)CC)cc-3oc2c1.[Cl-]. The normalized spacial score (nSPS) is 29.8. The minimum absolute atomic E-state index is 0. The van der Waals surface area contributed by atoms with E-state index < -0.39 is 5.41 Å². The van der Waals surface area contributed by atoms with Crippen LogP contribution in [0.15, 0.2) is 107 Å². The van der Waals surface area contributed by atoms with Crippen molar-refractivity contribution in [1.29, 1.82) is 0 Å². The van der Waals surface area contributed by atoms with Crippen LogP contribution in [0.25, 0.3) is 33.4 Å². The summed E-state index contributed by atoms with van der Waals surface area (Å²) in [4.78, 5) is 32.0. The molecule has 4 fully saturated rings. The molecule has 4 saturated carbocycles. The van der Waals surface area contributed by atoms with Crippen molar-refractivity contribution in [3.63, 3.8) is 0 Å². The lowest BCUT2D eigenvalue weighted by atomic mass is 9.33. The van der Waals surface area contributed by atoms with Gasteiger partial charge in [-0.25, -0.2) is 9.37 Å². The van der Waals surface area contributed by atoms with Crippen LogP contribution in [-0.4, -0.2) is 44.2 Å². The number of rotatable bonds is 11. The minimum atomic E-state index is -0.470. The molecule has 3 aromatic rings. The summed E-state index contributed by atoms with van der Waals surface area (Å²) in [6.45, 7) is 30.1. The summed E-state index contributed by atoms with van der Waals surface area (Å²) in [7, 11) is 0. The number of hydrogen-bond donors (Lipinski definition) is 0. The molecule has 0 unspecified atom stereocenters. The van der Waals surface area contributed by atoms with Gasteiger partial charge in [0.1, 0.15) is 37.1 Å². The quantitative estimate of drug-likeness (QED) is 0.0568. The molecule has 7 nitrogen and oxygen atoms in total. The van der Waals surface area contributed by atoms with Crippen molar-refractivity contribution in [3.8, 4) is 22.5 Å². The third-order valence-electron chi connectivity index (χ3n) is 20.8. The third-order valence-corrected chi connectivity index (χ3v) is 20.8. The Morgan fingerprint density at radius 3 is 2.18 bits per heavy atom. The Morgan fingerprint density at radius 1 is 0.740 bits per heavy atom. The standard InChI is InChI=1S/C65H83N2O5.ClH/c1-12-66(13-2)44-25-27-48-52(39-44)71-53-40-45(67(14-3)15-4)26-28-49(53)57(48)46-23-19-20-24-47(46)58(68)72-56-32-33-62(9)54(61(56,7)8)31-34-64(11)55(62)30-29-50-51-41-60(5,6)35-37-65(51,38-36-63(50,64)10)59(69)70-42-43-21-17-16-18-22-43;/h16-29,39-40,51,54-56H,12-15,30-38,41-42H2,1-11H3;1H/q+1;/p-1/t51-,54-,55+,56-,62-,63+,64+,65-;/m0./s1. The van der Waals surface area contributed by atoms with Gasteiger partial charge in [0.25, 0.3) is 0 Å². The van der Waals surface area contributed by atoms with E-state index in [1.54, 1.807) is 5.57 Å². The van der Waals surface area contributed by atoms with Gasteiger partial charge in [-0.1, -0.05) is 109 Å². The Bertz CT molecular complexity index is 2940. The second kappa shape index (κ2) is 19.7. The first kappa shape index (κ1) is 53.0. The van der Waals surface area contributed by atoms with Gasteiger partial charge in [-0.3, -0.25) is 4.79 Å². The van der Waals surface area contributed by atoms with E-state index in [9.17, 15) is 4.79 Å². The van der Waals surface area contributed by atoms with Gasteiger partial charge in [-0.15, -0.1) is 0 Å². The number of allylic oxidation sites excluding steroid dienone is 2. The number of esters is 2. The second-order valence-electron chi connectivity index (χ2n) is 24.9. The Hall–Kier alpha value is -4.88. The number of hydrogen-bond acceptors (Lipinski definition) is 6. The molecule has 0 spiro atoms. The maximum Gasteiger partial charge on any atom is 0.339 e. The van der Waals surface area contributed by atoms with E-state index in [2.05, 4.69) is 146 Å². The van der Waals surface area contributed by atoms with Crippen LogP contribution in [0, 0.1) is 50.2 Å². The molecule has 0 saturated heterocycles. The summed E-state index contributed by atoms with van der Waals surface area (Å²) < 4.78 is 22.4. The minimum Gasteiger partial charge on any atom is -1.00 e. The van der Waals surface area contributed by atoms with Crippen molar-refractivity contribution < 1.29 is 35.9 Å². The van der Waals surface area contributed by atoms with E-state index in [1.165, 1.54) is 0 Å². The molecular formula is C65H83ClN2O5. The van der Waals surface area contributed by atoms with E-state index in [4.69, 9.17) is 13.9 Å². The first-order valence-electron chi connectivity index (χ1n) is 27.9. The first-order chi connectivity index (χ1) is 34.4. The number of halogens is 1. The van der Waals surface area contributed by atoms with Gasteiger partial charge in [0.15, 0.2) is 0 Å². The lowest BCUT2D eigenvalue weighted by molar-refractivity contribution is -0.206. The maximum absolute atomic E-state index is 15.1. The molecule has 10 rings (SSSR count). The highest BCUT2D eigenvalue weighted by Gasteiger charge is 2.69. The van der Waals surface area contributed by atoms with E-state index in [-0.39, 0.29) is 63.4 Å². The zero-order chi connectivity index (χ0) is 51.0. The van der Waals surface area contributed by atoms with Gasteiger partial charge in [0, 0.05) is 52.8 Å². The fourth-order valence-corrected chi connectivity index (χ4v) is 16.5. The molecule has 1 heterocycles. The van der Waals surface area contributed by atoms with Gasteiger partial charge in [0.05, 0.1) is 17.0 Å². The number of fused-ring (bicyclic) bond motifs is 9. The average Bonchev–Trinajstić information content (AvgIpc) is 3.36. The third kappa shape index (κ3) is 8.58. The van der Waals surface area contributed by atoms with E-state index in [0.717, 1.165) is 140 Å². The van der Waals surface area contributed by atoms with Crippen LogP contribution in [0.4, 0.5) is 5.69 Å². The molecule has 8 heteroatoms. The Kier molecular flexibility index (Phi) is 14.3. The Balaban J connectivity index is 0.00000656. The number of anilines is 1. The first-order valence-corrected chi connectivity index (χ1v) is 27.9. The molecule has 0 aromatic heterocycles. The number of carbonyl (C=O) groups excluding carboxylic acids is 2. The predicted molar refractivity (Wildman–Crippen MR) is 293 cm³/mol.